The third-order valence-corrected chi connectivity index (χ3v) is 3.33. The van der Waals surface area contributed by atoms with Gasteiger partial charge in [-0.1, -0.05) is 25.1 Å². The Morgan fingerprint density at radius 2 is 2.10 bits per heavy atom. The van der Waals surface area contributed by atoms with Gasteiger partial charge in [0, 0.05) is 6.07 Å². The van der Waals surface area contributed by atoms with Crippen LogP contribution in [-0.4, -0.2) is 21.1 Å². The van der Waals surface area contributed by atoms with Crippen molar-refractivity contribution in [1.82, 2.24) is 15.0 Å². The monoisotopic (exact) mass is 274 g/mol. The molecule has 0 saturated heterocycles. The number of hydrogen-bond donors (Lipinski definition) is 1. The first-order valence-electron chi connectivity index (χ1n) is 7.09. The topological polar surface area (TPSA) is 66.0 Å². The fourth-order valence-corrected chi connectivity index (χ4v) is 1.80. The number of rotatable bonds is 6. The minimum atomic E-state index is -0.0664. The Labute approximate surface area is 119 Å². The van der Waals surface area contributed by atoms with E-state index in [4.69, 9.17) is 10.5 Å². The van der Waals surface area contributed by atoms with Gasteiger partial charge in [0.1, 0.15) is 5.75 Å². The summed E-state index contributed by atoms with van der Waals surface area (Å²) in [6.45, 7) is 6.19. The number of benzene rings is 1. The highest BCUT2D eigenvalue weighted by molar-refractivity contribution is 5.38. The highest BCUT2D eigenvalue weighted by atomic mass is 16.5. The van der Waals surface area contributed by atoms with Gasteiger partial charge in [-0.3, -0.25) is 0 Å². The van der Waals surface area contributed by atoms with Gasteiger partial charge in [-0.25, -0.2) is 4.68 Å². The maximum absolute atomic E-state index is 5.96. The van der Waals surface area contributed by atoms with Crippen molar-refractivity contribution >= 4 is 0 Å². The molecule has 0 bridgehead atoms. The highest BCUT2D eigenvalue weighted by Crippen LogP contribution is 2.19. The average Bonchev–Trinajstić information content (AvgIpc) is 2.96. The van der Waals surface area contributed by atoms with Crippen LogP contribution in [0.5, 0.6) is 5.75 Å². The van der Waals surface area contributed by atoms with Gasteiger partial charge in [0.25, 0.3) is 0 Å². The van der Waals surface area contributed by atoms with Crippen LogP contribution in [-0.2, 0) is 0 Å². The van der Waals surface area contributed by atoms with E-state index in [1.807, 2.05) is 37.4 Å². The molecule has 0 fully saturated rings. The van der Waals surface area contributed by atoms with E-state index in [1.54, 1.807) is 4.68 Å². The summed E-state index contributed by atoms with van der Waals surface area (Å²) in [5.41, 5.74) is 7.69. The Morgan fingerprint density at radius 3 is 2.80 bits per heavy atom. The van der Waals surface area contributed by atoms with Gasteiger partial charge in [0.2, 0.25) is 0 Å². The molecule has 2 N–H and O–H groups in total. The Hall–Kier alpha value is -1.88. The Bertz CT molecular complexity index is 552. The predicted octanol–water partition coefficient (Wildman–Crippen LogP) is 2.85. The minimum Gasteiger partial charge on any atom is -0.491 e. The van der Waals surface area contributed by atoms with Crippen molar-refractivity contribution < 1.29 is 4.74 Å². The lowest BCUT2D eigenvalue weighted by Crippen LogP contribution is -2.10. The summed E-state index contributed by atoms with van der Waals surface area (Å²) in [5.74, 6) is 0.841. The van der Waals surface area contributed by atoms with Crippen LogP contribution in [0.3, 0.4) is 0 Å². The van der Waals surface area contributed by atoms with E-state index in [1.165, 1.54) is 0 Å². The fraction of sp³-hybridized carbons (Fsp3) is 0.467. The van der Waals surface area contributed by atoms with Gasteiger partial charge in [0.05, 0.1) is 29.7 Å². The first-order chi connectivity index (χ1) is 9.63. The number of nitrogens with zero attached hydrogens (tertiary/aromatic N) is 3. The number of hydrogen-bond acceptors (Lipinski definition) is 4. The fourth-order valence-electron chi connectivity index (χ4n) is 1.80. The third-order valence-electron chi connectivity index (χ3n) is 3.33. The summed E-state index contributed by atoms with van der Waals surface area (Å²) in [4.78, 5) is 0. The smallest absolute Gasteiger partial charge is 0.121 e. The molecule has 20 heavy (non-hydrogen) atoms. The van der Waals surface area contributed by atoms with Crippen molar-refractivity contribution in [3.8, 4) is 11.4 Å². The second kappa shape index (κ2) is 6.52. The number of nitrogens with two attached hydrogens (primary N) is 1. The molecule has 1 aromatic carbocycles. The van der Waals surface area contributed by atoms with Crippen molar-refractivity contribution in [2.45, 2.75) is 45.8 Å². The molecule has 1 heterocycles. The predicted molar refractivity (Wildman–Crippen MR) is 79.0 cm³/mol. The average molecular weight is 274 g/mol. The Kier molecular flexibility index (Phi) is 4.74. The highest BCUT2D eigenvalue weighted by Gasteiger charge is 2.10. The molecule has 0 radical (unpaired) electrons. The zero-order chi connectivity index (χ0) is 14.5. The van der Waals surface area contributed by atoms with Crippen molar-refractivity contribution in [2.75, 3.05) is 0 Å². The van der Waals surface area contributed by atoms with Crippen LogP contribution in [0.2, 0.25) is 0 Å². The van der Waals surface area contributed by atoms with Crippen LogP contribution in [0, 0.1) is 0 Å². The molecule has 2 rings (SSSR count). The summed E-state index contributed by atoms with van der Waals surface area (Å²) in [6.07, 6.45) is 3.89. The zero-order valence-corrected chi connectivity index (χ0v) is 12.3. The first kappa shape index (κ1) is 14.5. The van der Waals surface area contributed by atoms with E-state index >= 15 is 0 Å². The van der Waals surface area contributed by atoms with Crippen molar-refractivity contribution in [1.29, 1.82) is 0 Å². The first-order valence-corrected chi connectivity index (χ1v) is 7.09. The lowest BCUT2D eigenvalue weighted by molar-refractivity contribution is 0.217. The van der Waals surface area contributed by atoms with Crippen molar-refractivity contribution in [2.24, 2.45) is 5.73 Å². The maximum atomic E-state index is 5.96. The third kappa shape index (κ3) is 3.36. The summed E-state index contributed by atoms with van der Waals surface area (Å²) >= 11 is 0. The van der Waals surface area contributed by atoms with Crippen LogP contribution in [0.25, 0.3) is 5.69 Å². The molecule has 5 nitrogen and oxygen atoms in total. The summed E-state index contributed by atoms with van der Waals surface area (Å²) < 4.78 is 7.55. The summed E-state index contributed by atoms with van der Waals surface area (Å²) in [6, 6.07) is 7.77. The zero-order valence-electron chi connectivity index (χ0n) is 12.3. The van der Waals surface area contributed by atoms with Gasteiger partial charge in [-0.15, -0.1) is 5.10 Å². The van der Waals surface area contributed by atoms with E-state index in [-0.39, 0.29) is 12.1 Å². The van der Waals surface area contributed by atoms with Crippen LogP contribution in [0.15, 0.2) is 30.5 Å². The van der Waals surface area contributed by atoms with Crippen molar-refractivity contribution in [3.63, 3.8) is 0 Å². The molecule has 0 saturated carbocycles. The summed E-state index contributed by atoms with van der Waals surface area (Å²) in [5, 5.41) is 8.24. The molecule has 2 aromatic rings. The van der Waals surface area contributed by atoms with Gasteiger partial charge in [-0.05, 0) is 31.9 Å². The molecule has 2 unspecified atom stereocenters. The molecule has 2 atom stereocenters. The lowest BCUT2D eigenvalue weighted by Gasteiger charge is -2.13. The van der Waals surface area contributed by atoms with Gasteiger partial charge < -0.3 is 10.5 Å². The molecule has 5 heteroatoms. The molecule has 0 amide bonds. The maximum Gasteiger partial charge on any atom is 0.121 e. The van der Waals surface area contributed by atoms with Crippen molar-refractivity contribution in [3.05, 3.63) is 36.2 Å². The van der Waals surface area contributed by atoms with Crippen LogP contribution >= 0.6 is 0 Å². The number of ether oxygens (including phenoxy) is 1. The molecular formula is C15H22N4O. The quantitative estimate of drug-likeness (QED) is 0.879. The van der Waals surface area contributed by atoms with Gasteiger partial charge in [0.15, 0.2) is 0 Å². The van der Waals surface area contributed by atoms with E-state index in [0.717, 1.165) is 30.0 Å². The van der Waals surface area contributed by atoms with Gasteiger partial charge in [-0.2, -0.15) is 0 Å². The standard InChI is InChI=1S/C15H22N4O/c1-4-11(3)20-13-8-6-7-12(9-13)19-10-15(17-18-19)14(16)5-2/h6-11,14H,4-5,16H2,1-3H3. The van der Waals surface area contributed by atoms with E-state index < -0.39 is 0 Å². The molecule has 1 aromatic heterocycles. The lowest BCUT2D eigenvalue weighted by atomic mass is 10.2. The summed E-state index contributed by atoms with van der Waals surface area (Å²) in [7, 11) is 0. The van der Waals surface area contributed by atoms with Gasteiger partial charge >= 0.3 is 0 Å². The molecule has 0 aliphatic heterocycles. The van der Waals surface area contributed by atoms with E-state index in [9.17, 15) is 0 Å². The molecule has 0 aliphatic rings. The SMILES string of the molecule is CCC(C)Oc1cccc(-n2cc(C(N)CC)nn2)c1. The van der Waals surface area contributed by atoms with E-state index in [0.29, 0.717) is 0 Å². The molecule has 108 valence electrons. The minimum absolute atomic E-state index is 0.0664. The second-order valence-corrected chi connectivity index (χ2v) is 4.94. The molecule has 0 spiro atoms. The largest absolute Gasteiger partial charge is 0.491 e. The molecular weight excluding hydrogens is 252 g/mol. The van der Waals surface area contributed by atoms with Crippen LogP contribution in [0.1, 0.15) is 45.3 Å². The van der Waals surface area contributed by atoms with Crippen LogP contribution < -0.4 is 10.5 Å². The van der Waals surface area contributed by atoms with E-state index in [2.05, 4.69) is 24.2 Å². The van der Waals surface area contributed by atoms with Crippen LogP contribution in [0.4, 0.5) is 0 Å². The normalized spacial score (nSPS) is 14.0. The Balaban J connectivity index is 2.20. The second-order valence-electron chi connectivity index (χ2n) is 4.94. The number of aromatic nitrogens is 3. The molecule has 0 aliphatic carbocycles. The Morgan fingerprint density at radius 1 is 1.30 bits per heavy atom.